The lowest BCUT2D eigenvalue weighted by Crippen LogP contribution is -2.81. The van der Waals surface area contributed by atoms with Gasteiger partial charge in [0.15, 0.2) is 76.4 Å². The third-order valence-corrected chi connectivity index (χ3v) is 11.2. The Kier molecular flexibility index (Phi) is 13.3. The van der Waals surface area contributed by atoms with Crippen molar-refractivity contribution in [3.05, 3.63) is 218 Å². The van der Waals surface area contributed by atoms with E-state index in [2.05, 4.69) is 102 Å². The van der Waals surface area contributed by atoms with Crippen LogP contribution in [0.5, 0.6) is 0 Å². The van der Waals surface area contributed by atoms with E-state index in [0.717, 1.165) is 6.54 Å². The van der Waals surface area contributed by atoms with Crippen LogP contribution in [0.25, 0.3) is 22.2 Å². The topological polar surface area (TPSA) is 3.88 Å². The molecule has 1 heterocycles. The second kappa shape index (κ2) is 18.6. The average molecular weight is 989 g/mol. The number of aryl methyl sites for hydroxylation is 1. The molecule has 0 aliphatic carbocycles. The van der Waals surface area contributed by atoms with Gasteiger partial charge >= 0.3 is 0 Å². The monoisotopic (exact) mass is 989 g/mol. The van der Waals surface area contributed by atoms with Crippen LogP contribution in [-0.2, 0) is 6.54 Å². The third-order valence-electron chi connectivity index (χ3n) is 11.2. The van der Waals surface area contributed by atoms with Gasteiger partial charge in [-0.15, -0.1) is 21.9 Å². The van der Waals surface area contributed by atoms with Crippen LogP contribution in [0, 0.1) is 123 Å². The van der Waals surface area contributed by atoms with E-state index in [-0.39, 0.29) is 0 Å². The number of pyridine rings is 1. The second-order valence-electron chi connectivity index (χ2n) is 15.0. The largest absolute Gasteiger partial charge is 0.213 e. The minimum Gasteiger partial charge on any atom is -0.207 e. The maximum Gasteiger partial charge on any atom is 0.213 e. The van der Waals surface area contributed by atoms with Crippen molar-refractivity contribution in [3.8, 4) is 11.3 Å². The second-order valence-corrected chi connectivity index (χ2v) is 15.0. The molecule has 0 N–H and O–H groups in total. The number of hydrogen-bond donors (Lipinski definition) is 0. The van der Waals surface area contributed by atoms with Crippen LogP contribution >= 0.6 is 0 Å². The highest BCUT2D eigenvalue weighted by molar-refractivity contribution is 7.20. The highest BCUT2D eigenvalue weighted by atomic mass is 19.2. The maximum absolute atomic E-state index is 15.4. The van der Waals surface area contributed by atoms with Crippen molar-refractivity contribution in [1.29, 1.82) is 0 Å². The Hall–Kier alpha value is -7.39. The van der Waals surface area contributed by atoms with Crippen molar-refractivity contribution in [3.63, 3.8) is 0 Å². The normalized spacial score (nSPS) is 11.6. The minimum absolute atomic E-state index is 0.866. The zero-order valence-electron chi connectivity index (χ0n) is 34.0. The number of aromatic nitrogens is 1. The Labute approximate surface area is 374 Å². The summed E-state index contributed by atoms with van der Waals surface area (Å²) in [7, 11) is 0. The Morgan fingerprint density at radius 2 is 0.623 bits per heavy atom. The van der Waals surface area contributed by atoms with Gasteiger partial charge in [0.05, 0.1) is 0 Å². The van der Waals surface area contributed by atoms with Crippen LogP contribution < -0.4 is 26.4 Å². The van der Waals surface area contributed by atoms with E-state index in [9.17, 15) is 52.7 Å². The molecule has 0 aliphatic heterocycles. The van der Waals surface area contributed by atoms with Gasteiger partial charge in [-0.1, -0.05) is 60.2 Å². The van der Waals surface area contributed by atoms with Crippen molar-refractivity contribution in [2.24, 2.45) is 0 Å². The van der Waals surface area contributed by atoms with E-state index in [0.29, 0.717) is 0 Å². The molecular formula is C47H20BF20N. The minimum atomic E-state index is -7.22. The van der Waals surface area contributed by atoms with Gasteiger partial charge in [0.1, 0.15) is 52.7 Å². The molecule has 7 aromatic carbocycles. The quantitative estimate of drug-likeness (QED) is 0.0493. The number of fused-ring (bicyclic) bond motifs is 1. The molecule has 0 unspecified atom stereocenters. The molecule has 1 aromatic heterocycles. The molecule has 0 aliphatic rings. The molecule has 69 heavy (non-hydrogen) atoms. The van der Waals surface area contributed by atoms with Crippen molar-refractivity contribution in [1.82, 2.24) is 0 Å². The van der Waals surface area contributed by atoms with Gasteiger partial charge in [-0.05, 0) is 31.2 Å². The number of halogens is 20. The van der Waals surface area contributed by atoms with Gasteiger partial charge in [-0.3, -0.25) is 0 Å². The van der Waals surface area contributed by atoms with Crippen LogP contribution in [0.2, 0.25) is 0 Å². The summed E-state index contributed by atoms with van der Waals surface area (Å²) >= 11 is 0. The predicted octanol–water partition coefficient (Wildman–Crippen LogP) is 11.0. The molecule has 22 heteroatoms. The van der Waals surface area contributed by atoms with Gasteiger partial charge in [0, 0.05) is 28.6 Å². The summed E-state index contributed by atoms with van der Waals surface area (Å²) in [6.07, 6.45) is -7.22. The summed E-state index contributed by atoms with van der Waals surface area (Å²) in [4.78, 5) is 0. The zero-order valence-corrected chi connectivity index (χ0v) is 34.0. The lowest BCUT2D eigenvalue weighted by molar-refractivity contribution is -0.651. The van der Waals surface area contributed by atoms with E-state index < -0.39 is 144 Å². The molecule has 8 rings (SSSR count). The summed E-state index contributed by atoms with van der Waals surface area (Å²) in [5.41, 5.74) is -7.97. The van der Waals surface area contributed by atoms with Crippen LogP contribution in [-0.4, -0.2) is 6.15 Å². The van der Waals surface area contributed by atoms with Crippen molar-refractivity contribution in [2.45, 2.75) is 13.5 Å². The molecular weight excluding hydrogens is 969 g/mol. The van der Waals surface area contributed by atoms with Crippen molar-refractivity contribution < 1.29 is 92.4 Å². The Balaban J connectivity index is 0.000000244. The average Bonchev–Trinajstić information content (AvgIpc) is 3.34. The molecule has 0 saturated heterocycles. The fourth-order valence-corrected chi connectivity index (χ4v) is 8.05. The van der Waals surface area contributed by atoms with Crippen molar-refractivity contribution >= 4 is 38.9 Å². The Morgan fingerprint density at radius 3 is 0.971 bits per heavy atom. The van der Waals surface area contributed by atoms with Gasteiger partial charge in [-0.2, -0.15) is 4.57 Å². The molecule has 1 nitrogen and oxygen atoms in total. The molecule has 0 amide bonds. The van der Waals surface area contributed by atoms with E-state index >= 15 is 35.1 Å². The molecule has 0 atom stereocenters. The zero-order chi connectivity index (χ0) is 50.7. The fourth-order valence-electron chi connectivity index (χ4n) is 8.05. The lowest BCUT2D eigenvalue weighted by Gasteiger charge is -2.44. The van der Waals surface area contributed by atoms with E-state index in [4.69, 9.17) is 0 Å². The first-order chi connectivity index (χ1) is 32.5. The van der Waals surface area contributed by atoms with Crippen molar-refractivity contribution in [2.75, 3.05) is 0 Å². The lowest BCUT2D eigenvalue weighted by atomic mass is 9.12. The maximum atomic E-state index is 15.4. The van der Waals surface area contributed by atoms with Gasteiger partial charge in [0.25, 0.3) is 0 Å². The Morgan fingerprint density at radius 1 is 0.319 bits per heavy atom. The summed E-state index contributed by atoms with van der Waals surface area (Å²) in [6.45, 7) is 2.99. The van der Waals surface area contributed by atoms with Crippen LogP contribution in [0.15, 0.2) is 91.0 Å². The summed E-state index contributed by atoms with van der Waals surface area (Å²) < 4.78 is 296. The first-order valence-electron chi connectivity index (χ1n) is 19.3. The molecule has 8 aromatic rings. The van der Waals surface area contributed by atoms with Crippen LogP contribution in [0.4, 0.5) is 87.8 Å². The highest BCUT2D eigenvalue weighted by Gasteiger charge is 2.52. The van der Waals surface area contributed by atoms with Gasteiger partial charge in [0.2, 0.25) is 11.2 Å². The molecule has 0 radical (unpaired) electrons. The number of benzene rings is 7. The standard InChI is InChI=1S/C24BF20.C23H20N/c26-5-1(6(27)14(35)21(42)13(5)34)25(2-7(28)15(36)22(43)16(37)8(2)29,3-9(30)17(38)23(44)18(39)10(3)31)4-11(32)19(40)24(45)20(41)12(4)33;1-18-11-13-21(14-12-18)23-16-15-20-9-5-6-10-22(20)24(23)17-19-7-3-2-4-8-19/h;2-16H,17H2,1H3/q-1;+1. The van der Waals surface area contributed by atoms with E-state index in [1.54, 1.807) is 0 Å². The van der Waals surface area contributed by atoms with E-state index in [1.165, 1.54) is 33.3 Å². The number of nitrogens with zero attached hydrogens (tertiary/aromatic N) is 1. The third kappa shape index (κ3) is 7.88. The van der Waals surface area contributed by atoms with Crippen LogP contribution in [0.1, 0.15) is 11.1 Å². The predicted molar refractivity (Wildman–Crippen MR) is 209 cm³/mol. The van der Waals surface area contributed by atoms with Crippen LogP contribution in [0.3, 0.4) is 0 Å². The smallest absolute Gasteiger partial charge is 0.207 e. The number of hydrogen-bond acceptors (Lipinski definition) is 0. The van der Waals surface area contributed by atoms with Gasteiger partial charge in [-0.25, -0.2) is 87.8 Å². The number of rotatable bonds is 7. The first-order valence-corrected chi connectivity index (χ1v) is 19.3. The molecule has 0 fully saturated rings. The first kappa shape index (κ1) is 49.5. The molecule has 0 saturated carbocycles. The Bertz CT molecular complexity index is 2980. The summed E-state index contributed by atoms with van der Waals surface area (Å²) in [6, 6.07) is 32.5. The summed E-state index contributed by atoms with van der Waals surface area (Å²) in [5, 5.41) is 1.27. The molecule has 356 valence electrons. The van der Waals surface area contributed by atoms with Gasteiger partial charge < -0.3 is 0 Å². The molecule has 0 bridgehead atoms. The SMILES string of the molecule is Cc1ccc(-c2ccc3ccccc3[n+]2Cc2ccccc2)cc1.Fc1c(F)c(F)c([B-](c2c(F)c(F)c(F)c(F)c2F)(c2c(F)c(F)c(F)c(F)c2F)c2c(F)c(F)c(F)c(F)c2F)c(F)c1F. The highest BCUT2D eigenvalue weighted by Crippen LogP contribution is 2.31. The fraction of sp³-hybridized carbons (Fsp3) is 0.0426. The summed E-state index contributed by atoms with van der Waals surface area (Å²) in [5.74, 6) is -71.4. The number of para-hydroxylation sites is 1. The molecule has 0 spiro atoms. The van der Waals surface area contributed by atoms with E-state index in [1.807, 2.05) is 0 Å².